The third kappa shape index (κ3) is 4.41. The van der Waals surface area contributed by atoms with Crippen molar-refractivity contribution in [3.05, 3.63) is 11.6 Å². The number of nitrogens with zero attached hydrogens (tertiary/aromatic N) is 1. The van der Waals surface area contributed by atoms with Gasteiger partial charge in [-0.2, -0.15) is 0 Å². The molecule has 0 aromatic carbocycles. The first-order valence-corrected chi connectivity index (χ1v) is 6.70. The third-order valence-corrected chi connectivity index (χ3v) is 3.41. The van der Waals surface area contributed by atoms with Gasteiger partial charge in [0.05, 0.1) is 6.61 Å². The highest BCUT2D eigenvalue weighted by molar-refractivity contribution is 7.13. The number of rotatable bonds is 5. The maximum Gasteiger partial charge on any atom is 0.252 e. The third-order valence-electron chi connectivity index (χ3n) is 2.72. The molecule has 1 saturated heterocycles. The zero-order valence-corrected chi connectivity index (χ0v) is 10.5. The van der Waals surface area contributed by atoms with E-state index < -0.39 is 0 Å². The molecule has 94 valence electrons. The van der Waals surface area contributed by atoms with E-state index in [0.29, 0.717) is 17.7 Å². The fraction of sp³-hybridized carbons (Fsp3) is 0.636. The number of aromatic nitrogens is 1. The lowest BCUT2D eigenvalue weighted by molar-refractivity contribution is -0.121. The van der Waals surface area contributed by atoms with E-state index in [4.69, 9.17) is 4.74 Å². The van der Waals surface area contributed by atoms with Gasteiger partial charge in [0.2, 0.25) is 0 Å². The summed E-state index contributed by atoms with van der Waals surface area (Å²) in [5.74, 6) is 0.456. The second-order valence-electron chi connectivity index (χ2n) is 4.09. The first-order valence-electron chi connectivity index (χ1n) is 5.82. The molecule has 1 aromatic rings. The van der Waals surface area contributed by atoms with Crippen LogP contribution in [0.25, 0.3) is 0 Å². The van der Waals surface area contributed by atoms with Gasteiger partial charge < -0.3 is 10.1 Å². The summed E-state index contributed by atoms with van der Waals surface area (Å²) in [6.07, 6.45) is 3.93. The van der Waals surface area contributed by atoms with E-state index in [9.17, 15) is 4.79 Å². The zero-order chi connectivity index (χ0) is 11.9. The smallest absolute Gasteiger partial charge is 0.252 e. The van der Waals surface area contributed by atoms with Crippen molar-refractivity contribution in [3.8, 4) is 0 Å². The van der Waals surface area contributed by atoms with Crippen LogP contribution in [0, 0.1) is 5.92 Å². The Balaban J connectivity index is 1.59. The molecule has 1 aliphatic rings. The number of ether oxygens (including phenoxy) is 1. The molecule has 0 saturated carbocycles. The molecule has 2 heterocycles. The first kappa shape index (κ1) is 12.5. The fourth-order valence-corrected chi connectivity index (χ4v) is 2.35. The van der Waals surface area contributed by atoms with Gasteiger partial charge in [-0.25, -0.2) is 4.98 Å². The second kappa shape index (κ2) is 6.68. The van der Waals surface area contributed by atoms with E-state index >= 15 is 0 Å². The Bertz CT molecular complexity index is 336. The van der Waals surface area contributed by atoms with Crippen LogP contribution < -0.4 is 10.6 Å². The minimum Gasteiger partial charge on any atom is -0.371 e. The van der Waals surface area contributed by atoms with E-state index in [1.54, 1.807) is 6.20 Å². The Morgan fingerprint density at radius 3 is 3.12 bits per heavy atom. The van der Waals surface area contributed by atoms with E-state index in [2.05, 4.69) is 15.6 Å². The average molecular weight is 255 g/mol. The normalized spacial score (nSPS) is 16.9. The summed E-state index contributed by atoms with van der Waals surface area (Å²) in [4.78, 5) is 15.4. The molecule has 0 spiro atoms. The monoisotopic (exact) mass is 255 g/mol. The van der Waals surface area contributed by atoms with Crippen molar-refractivity contribution in [1.29, 1.82) is 0 Å². The lowest BCUT2D eigenvalue weighted by atomic mass is 9.99. The Hall–Kier alpha value is -0.980. The summed E-state index contributed by atoms with van der Waals surface area (Å²) < 4.78 is 5.42. The maximum absolute atomic E-state index is 11.5. The van der Waals surface area contributed by atoms with E-state index in [1.165, 1.54) is 11.3 Å². The molecule has 2 rings (SSSR count). The Labute approximate surface area is 105 Å². The lowest BCUT2D eigenvalue weighted by Crippen LogP contribution is -2.30. The molecule has 0 atom stereocenters. The maximum atomic E-state index is 11.5. The number of thiazole rings is 1. The number of hydrogen-bond donors (Lipinski definition) is 2. The molecule has 17 heavy (non-hydrogen) atoms. The van der Waals surface area contributed by atoms with Gasteiger partial charge in [-0.1, -0.05) is 0 Å². The minimum absolute atomic E-state index is 0.115. The van der Waals surface area contributed by atoms with Gasteiger partial charge >= 0.3 is 0 Å². The van der Waals surface area contributed by atoms with Crippen LogP contribution in [-0.2, 0) is 9.53 Å². The molecule has 1 aromatic heterocycles. The van der Waals surface area contributed by atoms with E-state index in [-0.39, 0.29) is 12.5 Å². The number of anilines is 1. The highest BCUT2D eigenvalue weighted by atomic mass is 32.1. The SMILES string of the molecule is O=C(COCC1CCNCC1)Nc1nccs1. The highest BCUT2D eigenvalue weighted by Crippen LogP contribution is 2.12. The van der Waals surface area contributed by atoms with Gasteiger partial charge in [0, 0.05) is 11.6 Å². The highest BCUT2D eigenvalue weighted by Gasteiger charge is 2.13. The Kier molecular flexibility index (Phi) is 4.90. The topological polar surface area (TPSA) is 63.2 Å². The molecular formula is C11H17N3O2S. The number of nitrogens with one attached hydrogen (secondary N) is 2. The predicted molar refractivity (Wildman–Crippen MR) is 67.2 cm³/mol. The quantitative estimate of drug-likeness (QED) is 0.827. The molecular weight excluding hydrogens is 238 g/mol. The van der Waals surface area contributed by atoms with Crippen LogP contribution in [0.5, 0.6) is 0 Å². The van der Waals surface area contributed by atoms with Crippen LogP contribution >= 0.6 is 11.3 Å². The first-order chi connectivity index (χ1) is 8.34. The number of amides is 1. The van der Waals surface area contributed by atoms with Gasteiger partial charge in [-0.15, -0.1) is 11.3 Å². The summed E-state index contributed by atoms with van der Waals surface area (Å²) in [6.45, 7) is 2.90. The molecule has 2 N–H and O–H groups in total. The van der Waals surface area contributed by atoms with Gasteiger partial charge in [0.15, 0.2) is 5.13 Å². The summed E-state index contributed by atoms with van der Waals surface area (Å²) in [6, 6.07) is 0. The lowest BCUT2D eigenvalue weighted by Gasteiger charge is -2.22. The zero-order valence-electron chi connectivity index (χ0n) is 9.65. The van der Waals surface area contributed by atoms with E-state index in [0.717, 1.165) is 25.9 Å². The number of hydrogen-bond acceptors (Lipinski definition) is 5. The van der Waals surface area contributed by atoms with Crippen LogP contribution in [0.3, 0.4) is 0 Å². The van der Waals surface area contributed by atoms with Gasteiger partial charge in [-0.05, 0) is 31.8 Å². The van der Waals surface area contributed by atoms with Gasteiger partial charge in [0.1, 0.15) is 6.61 Å². The van der Waals surface area contributed by atoms with Crippen LogP contribution in [0.4, 0.5) is 5.13 Å². The molecule has 1 amide bonds. The largest absolute Gasteiger partial charge is 0.371 e. The molecule has 0 unspecified atom stereocenters. The summed E-state index contributed by atoms with van der Waals surface area (Å²) in [5, 5.41) is 8.44. The van der Waals surface area contributed by atoms with Crippen molar-refractivity contribution in [3.63, 3.8) is 0 Å². The summed E-state index contributed by atoms with van der Waals surface area (Å²) >= 11 is 1.41. The van der Waals surface area contributed by atoms with Crippen molar-refractivity contribution in [2.24, 2.45) is 5.92 Å². The number of piperidine rings is 1. The minimum atomic E-state index is -0.131. The molecule has 6 heteroatoms. The Morgan fingerprint density at radius 1 is 1.59 bits per heavy atom. The van der Waals surface area contributed by atoms with Crippen molar-refractivity contribution in [1.82, 2.24) is 10.3 Å². The number of carbonyl (C=O) groups is 1. The van der Waals surface area contributed by atoms with Crippen LogP contribution in [-0.4, -0.2) is 37.2 Å². The van der Waals surface area contributed by atoms with Gasteiger partial charge in [0.25, 0.3) is 5.91 Å². The van der Waals surface area contributed by atoms with Crippen molar-refractivity contribution >= 4 is 22.4 Å². The standard InChI is InChI=1S/C11H17N3O2S/c15-10(14-11-13-5-6-17-11)8-16-7-9-1-3-12-4-2-9/h5-6,9,12H,1-4,7-8H2,(H,13,14,15). The second-order valence-corrected chi connectivity index (χ2v) is 4.99. The molecule has 1 fully saturated rings. The van der Waals surface area contributed by atoms with Crippen molar-refractivity contribution < 1.29 is 9.53 Å². The van der Waals surface area contributed by atoms with Crippen molar-refractivity contribution in [2.75, 3.05) is 31.6 Å². The molecule has 0 aliphatic carbocycles. The molecule has 0 bridgehead atoms. The van der Waals surface area contributed by atoms with Gasteiger partial charge in [-0.3, -0.25) is 10.1 Å². The number of carbonyl (C=O) groups excluding carboxylic acids is 1. The summed E-state index contributed by atoms with van der Waals surface area (Å²) in [7, 11) is 0. The molecule has 0 radical (unpaired) electrons. The van der Waals surface area contributed by atoms with Crippen LogP contribution in [0.2, 0.25) is 0 Å². The van der Waals surface area contributed by atoms with Crippen molar-refractivity contribution in [2.45, 2.75) is 12.8 Å². The van der Waals surface area contributed by atoms with Crippen LogP contribution in [0.15, 0.2) is 11.6 Å². The molecule has 5 nitrogen and oxygen atoms in total. The average Bonchev–Trinajstić information content (AvgIpc) is 2.83. The van der Waals surface area contributed by atoms with Crippen LogP contribution in [0.1, 0.15) is 12.8 Å². The summed E-state index contributed by atoms with van der Waals surface area (Å²) in [5.41, 5.74) is 0. The molecule has 1 aliphatic heterocycles. The fourth-order valence-electron chi connectivity index (χ4n) is 1.81. The van der Waals surface area contributed by atoms with E-state index in [1.807, 2.05) is 5.38 Å². The Morgan fingerprint density at radius 2 is 2.41 bits per heavy atom. The predicted octanol–water partition coefficient (Wildman–Crippen LogP) is 1.10.